The fourth-order valence-corrected chi connectivity index (χ4v) is 2.90. The molecule has 3 rings (SSSR count). The van der Waals surface area contributed by atoms with Gasteiger partial charge in [0.15, 0.2) is 5.96 Å². The van der Waals surface area contributed by atoms with Gasteiger partial charge in [-0.25, -0.2) is 0 Å². The van der Waals surface area contributed by atoms with Gasteiger partial charge in [-0.3, -0.25) is 9.98 Å². The Morgan fingerprint density at radius 3 is 2.38 bits per heavy atom. The van der Waals surface area contributed by atoms with Crippen LogP contribution in [0.3, 0.4) is 0 Å². The molecule has 0 saturated carbocycles. The minimum atomic E-state index is 0. The summed E-state index contributed by atoms with van der Waals surface area (Å²) in [5.41, 5.74) is 2.44. The fourth-order valence-electron chi connectivity index (χ4n) is 2.90. The van der Waals surface area contributed by atoms with Crippen LogP contribution in [0.15, 0.2) is 71.9 Å². The second kappa shape index (κ2) is 10.8. The van der Waals surface area contributed by atoms with Crippen molar-refractivity contribution in [1.29, 1.82) is 0 Å². The van der Waals surface area contributed by atoms with Crippen LogP contribution < -0.4 is 10.6 Å². The van der Waals surface area contributed by atoms with Crippen molar-refractivity contribution in [1.82, 2.24) is 15.6 Å². The van der Waals surface area contributed by atoms with Gasteiger partial charge < -0.3 is 10.6 Å². The molecule has 0 amide bonds. The van der Waals surface area contributed by atoms with E-state index in [0.29, 0.717) is 0 Å². The highest BCUT2D eigenvalue weighted by atomic mass is 127. The molecule has 0 unspecified atom stereocenters. The Hall–Kier alpha value is -2.15. The summed E-state index contributed by atoms with van der Waals surface area (Å²) in [4.78, 5) is 8.62. The average molecular weight is 460 g/mol. The standard InChI is InChI=1S/C21H24N4.HI/c1-22-21(25-16-13-19-10-4-5-14-23-19)24-15-12-18-9-6-8-17-7-2-3-11-20(17)18;/h2-11,14H,12-13,15-16H2,1H3,(H2,22,24,25);1H. The molecule has 5 heteroatoms. The van der Waals surface area contributed by atoms with E-state index in [2.05, 4.69) is 63.1 Å². The Bertz CT molecular complexity index is 828. The molecule has 0 saturated heterocycles. The summed E-state index contributed by atoms with van der Waals surface area (Å²) < 4.78 is 0. The zero-order valence-electron chi connectivity index (χ0n) is 15.0. The molecule has 1 heterocycles. The summed E-state index contributed by atoms with van der Waals surface area (Å²) in [7, 11) is 1.80. The Balaban J connectivity index is 0.00000243. The first-order valence-corrected chi connectivity index (χ1v) is 8.68. The quantitative estimate of drug-likeness (QED) is 0.334. The van der Waals surface area contributed by atoms with Crippen molar-refractivity contribution in [3.8, 4) is 0 Å². The van der Waals surface area contributed by atoms with Crippen LogP contribution in [0, 0.1) is 0 Å². The van der Waals surface area contributed by atoms with E-state index in [0.717, 1.165) is 37.6 Å². The first-order valence-electron chi connectivity index (χ1n) is 8.68. The van der Waals surface area contributed by atoms with Gasteiger partial charge in [0, 0.05) is 38.4 Å². The van der Waals surface area contributed by atoms with Crippen LogP contribution in [0.1, 0.15) is 11.3 Å². The molecule has 2 aromatic carbocycles. The normalized spacial score (nSPS) is 11.0. The highest BCUT2D eigenvalue weighted by molar-refractivity contribution is 14.0. The van der Waals surface area contributed by atoms with Gasteiger partial charge in [-0.1, -0.05) is 48.5 Å². The minimum Gasteiger partial charge on any atom is -0.356 e. The van der Waals surface area contributed by atoms with E-state index >= 15 is 0 Å². The van der Waals surface area contributed by atoms with Gasteiger partial charge in [-0.05, 0) is 34.9 Å². The lowest BCUT2D eigenvalue weighted by molar-refractivity contribution is 0.777. The molecule has 136 valence electrons. The van der Waals surface area contributed by atoms with Gasteiger partial charge in [0.1, 0.15) is 0 Å². The maximum atomic E-state index is 4.33. The van der Waals surface area contributed by atoms with Crippen molar-refractivity contribution >= 4 is 40.7 Å². The van der Waals surface area contributed by atoms with Crippen molar-refractivity contribution in [2.24, 2.45) is 4.99 Å². The van der Waals surface area contributed by atoms with E-state index in [1.807, 2.05) is 24.4 Å². The molecule has 2 N–H and O–H groups in total. The summed E-state index contributed by atoms with van der Waals surface area (Å²) in [6.07, 6.45) is 3.67. The molecule has 0 bridgehead atoms. The number of halogens is 1. The zero-order chi connectivity index (χ0) is 17.3. The van der Waals surface area contributed by atoms with E-state index in [4.69, 9.17) is 0 Å². The molecular formula is C21H25IN4. The third-order valence-electron chi connectivity index (χ3n) is 4.19. The molecule has 1 aromatic heterocycles. The number of hydrogen-bond donors (Lipinski definition) is 2. The number of nitrogens with zero attached hydrogens (tertiary/aromatic N) is 2. The van der Waals surface area contributed by atoms with E-state index in [-0.39, 0.29) is 24.0 Å². The number of nitrogens with one attached hydrogen (secondary N) is 2. The Morgan fingerprint density at radius 2 is 1.62 bits per heavy atom. The molecule has 0 radical (unpaired) electrons. The molecular weight excluding hydrogens is 435 g/mol. The third-order valence-corrected chi connectivity index (χ3v) is 4.19. The predicted molar refractivity (Wildman–Crippen MR) is 120 cm³/mol. The van der Waals surface area contributed by atoms with Gasteiger partial charge in [-0.2, -0.15) is 0 Å². The smallest absolute Gasteiger partial charge is 0.190 e. The van der Waals surface area contributed by atoms with Crippen LogP contribution in [0.5, 0.6) is 0 Å². The number of fused-ring (bicyclic) bond motifs is 1. The van der Waals surface area contributed by atoms with Crippen molar-refractivity contribution in [2.75, 3.05) is 20.1 Å². The number of pyridine rings is 1. The molecule has 0 aliphatic carbocycles. The van der Waals surface area contributed by atoms with Gasteiger partial charge in [0.2, 0.25) is 0 Å². The van der Waals surface area contributed by atoms with Gasteiger partial charge in [0.25, 0.3) is 0 Å². The number of benzene rings is 2. The van der Waals surface area contributed by atoms with Crippen LogP contribution in [0.25, 0.3) is 10.8 Å². The molecule has 0 aliphatic heterocycles. The lowest BCUT2D eigenvalue weighted by atomic mass is 10.0. The van der Waals surface area contributed by atoms with Crippen LogP contribution in [-0.4, -0.2) is 31.1 Å². The second-order valence-electron chi connectivity index (χ2n) is 5.89. The monoisotopic (exact) mass is 460 g/mol. The highest BCUT2D eigenvalue weighted by Crippen LogP contribution is 2.18. The molecule has 3 aromatic rings. The maximum absolute atomic E-state index is 4.33. The second-order valence-corrected chi connectivity index (χ2v) is 5.89. The van der Waals surface area contributed by atoms with Crippen molar-refractivity contribution in [3.63, 3.8) is 0 Å². The highest BCUT2D eigenvalue weighted by Gasteiger charge is 2.02. The van der Waals surface area contributed by atoms with Crippen LogP contribution in [0.4, 0.5) is 0 Å². The Kier molecular flexibility index (Phi) is 8.34. The summed E-state index contributed by atoms with van der Waals surface area (Å²) in [6, 6.07) is 21.0. The first kappa shape index (κ1) is 20.2. The average Bonchev–Trinajstić information content (AvgIpc) is 2.68. The number of aliphatic imine (C=N–C) groups is 1. The molecule has 0 aliphatic rings. The molecule has 26 heavy (non-hydrogen) atoms. The van der Waals surface area contributed by atoms with E-state index in [9.17, 15) is 0 Å². The maximum Gasteiger partial charge on any atom is 0.190 e. The lowest BCUT2D eigenvalue weighted by Gasteiger charge is -2.12. The van der Waals surface area contributed by atoms with Crippen molar-refractivity contribution in [3.05, 3.63) is 78.1 Å². The zero-order valence-corrected chi connectivity index (χ0v) is 17.3. The van der Waals surface area contributed by atoms with Gasteiger partial charge in [-0.15, -0.1) is 24.0 Å². The number of rotatable bonds is 6. The molecule has 0 atom stereocenters. The molecule has 0 spiro atoms. The van der Waals surface area contributed by atoms with Crippen LogP contribution in [-0.2, 0) is 12.8 Å². The lowest BCUT2D eigenvalue weighted by Crippen LogP contribution is -2.39. The summed E-state index contributed by atoms with van der Waals surface area (Å²) >= 11 is 0. The fraction of sp³-hybridized carbons (Fsp3) is 0.238. The van der Waals surface area contributed by atoms with E-state index < -0.39 is 0 Å². The number of hydrogen-bond acceptors (Lipinski definition) is 2. The topological polar surface area (TPSA) is 49.3 Å². The Labute approximate surface area is 172 Å². The summed E-state index contributed by atoms with van der Waals surface area (Å²) in [6.45, 7) is 1.65. The first-order chi connectivity index (χ1) is 12.4. The third kappa shape index (κ3) is 5.69. The number of guanidine groups is 1. The van der Waals surface area contributed by atoms with E-state index in [1.165, 1.54) is 16.3 Å². The van der Waals surface area contributed by atoms with Gasteiger partial charge >= 0.3 is 0 Å². The van der Waals surface area contributed by atoms with Crippen molar-refractivity contribution < 1.29 is 0 Å². The molecule has 0 fully saturated rings. The van der Waals surface area contributed by atoms with Gasteiger partial charge in [0.05, 0.1) is 0 Å². The minimum absolute atomic E-state index is 0. The van der Waals surface area contributed by atoms with E-state index in [1.54, 1.807) is 7.05 Å². The largest absolute Gasteiger partial charge is 0.356 e. The molecule has 4 nitrogen and oxygen atoms in total. The Morgan fingerprint density at radius 1 is 0.885 bits per heavy atom. The van der Waals surface area contributed by atoms with Crippen LogP contribution >= 0.6 is 24.0 Å². The van der Waals surface area contributed by atoms with Crippen molar-refractivity contribution in [2.45, 2.75) is 12.8 Å². The summed E-state index contributed by atoms with van der Waals surface area (Å²) in [5, 5.41) is 9.34. The predicted octanol–water partition coefficient (Wildman–Crippen LogP) is 3.80. The number of aromatic nitrogens is 1. The summed E-state index contributed by atoms with van der Waals surface area (Å²) in [5.74, 6) is 0.830. The van der Waals surface area contributed by atoms with Crippen LogP contribution in [0.2, 0.25) is 0 Å². The SMILES string of the molecule is CN=C(NCCc1ccccn1)NCCc1cccc2ccccc12.I.